The monoisotopic (exact) mass is 426 g/mol. The molecular weight excluding hydrogens is 396 g/mol. The van der Waals surface area contributed by atoms with Crippen molar-refractivity contribution in [3.63, 3.8) is 0 Å². The smallest absolute Gasteiger partial charge is 0.319 e. The van der Waals surface area contributed by atoms with Crippen molar-refractivity contribution in [3.05, 3.63) is 18.2 Å². The van der Waals surface area contributed by atoms with Gasteiger partial charge in [-0.15, -0.1) is 0 Å². The van der Waals surface area contributed by atoms with Crippen LogP contribution in [0.5, 0.6) is 0 Å². The Bertz CT molecular complexity index is 790. The first-order chi connectivity index (χ1) is 14.0. The van der Waals surface area contributed by atoms with Gasteiger partial charge in [0.1, 0.15) is 0 Å². The second-order valence-corrected chi connectivity index (χ2v) is 9.06. The van der Waals surface area contributed by atoms with Crippen molar-refractivity contribution in [2.24, 2.45) is 0 Å². The van der Waals surface area contributed by atoms with E-state index in [0.29, 0.717) is 50.8 Å². The van der Waals surface area contributed by atoms with Crippen LogP contribution in [-0.2, 0) is 19.5 Å². The first-order valence-corrected chi connectivity index (χ1v) is 11.6. The Balaban J connectivity index is 1.80. The number of hydrogen-bond donors (Lipinski definition) is 3. The van der Waals surface area contributed by atoms with Crippen molar-refractivity contribution in [2.45, 2.75) is 37.2 Å². The number of benzene rings is 1. The molecule has 2 saturated heterocycles. The lowest BCUT2D eigenvalue weighted by Crippen LogP contribution is -2.40. The largest absolute Gasteiger partial charge is 0.381 e. The lowest BCUT2D eigenvalue weighted by Gasteiger charge is -2.26. The molecule has 0 unspecified atom stereocenters. The van der Waals surface area contributed by atoms with Crippen molar-refractivity contribution >= 4 is 27.4 Å². The van der Waals surface area contributed by atoms with Crippen molar-refractivity contribution < 1.29 is 22.7 Å². The van der Waals surface area contributed by atoms with Crippen LogP contribution in [-0.4, -0.2) is 70.9 Å². The Hall–Kier alpha value is -1.88. The number of nitrogens with one attached hydrogen (secondary N) is 3. The highest BCUT2D eigenvalue weighted by molar-refractivity contribution is 7.89. The summed E-state index contributed by atoms with van der Waals surface area (Å²) in [6, 6.07) is 4.40. The molecule has 3 N–H and O–H groups in total. The fourth-order valence-electron chi connectivity index (χ4n) is 3.31. The molecule has 9 nitrogen and oxygen atoms in total. The van der Waals surface area contributed by atoms with Gasteiger partial charge in [-0.1, -0.05) is 6.92 Å². The maximum Gasteiger partial charge on any atom is 0.319 e. The summed E-state index contributed by atoms with van der Waals surface area (Å²) in [7, 11) is -3.66. The number of rotatable bonds is 8. The zero-order valence-corrected chi connectivity index (χ0v) is 17.6. The first-order valence-electron chi connectivity index (χ1n) is 10.1. The fourth-order valence-corrected chi connectivity index (χ4v) is 4.75. The Morgan fingerprint density at radius 3 is 2.69 bits per heavy atom. The molecule has 2 aliphatic heterocycles. The highest BCUT2D eigenvalue weighted by Crippen LogP contribution is 2.28. The van der Waals surface area contributed by atoms with E-state index >= 15 is 0 Å². The molecule has 2 fully saturated rings. The van der Waals surface area contributed by atoms with Gasteiger partial charge in [0.25, 0.3) is 0 Å². The van der Waals surface area contributed by atoms with Gasteiger partial charge in [0.05, 0.1) is 35.6 Å². The summed E-state index contributed by atoms with van der Waals surface area (Å²) >= 11 is 0. The second kappa shape index (κ2) is 10.2. The summed E-state index contributed by atoms with van der Waals surface area (Å²) in [4.78, 5) is 12.3. The van der Waals surface area contributed by atoms with E-state index in [4.69, 9.17) is 9.47 Å². The number of carbonyl (C=O) groups excluding carboxylic acids is 1. The number of nitrogens with zero attached hydrogens (tertiary/aromatic N) is 1. The number of ether oxygens (including phenoxy) is 2. The zero-order chi connectivity index (χ0) is 20.7. The topological polar surface area (TPSA) is 109 Å². The predicted octanol–water partition coefficient (Wildman–Crippen LogP) is 1.83. The molecule has 1 aromatic carbocycles. The van der Waals surface area contributed by atoms with Crippen LogP contribution in [0.3, 0.4) is 0 Å². The van der Waals surface area contributed by atoms with E-state index in [0.717, 1.165) is 25.9 Å². The van der Waals surface area contributed by atoms with Crippen molar-refractivity contribution in [2.75, 3.05) is 56.6 Å². The Morgan fingerprint density at radius 2 is 2.00 bits per heavy atom. The van der Waals surface area contributed by atoms with Crippen LogP contribution < -0.4 is 16.0 Å². The van der Waals surface area contributed by atoms with Crippen molar-refractivity contribution in [3.8, 4) is 0 Å². The number of hydrogen-bond acceptors (Lipinski definition) is 6. The molecule has 0 aliphatic carbocycles. The summed E-state index contributed by atoms with van der Waals surface area (Å²) in [6.07, 6.45) is 2.95. The summed E-state index contributed by atoms with van der Waals surface area (Å²) in [5.74, 6) is 0. The normalized spacial score (nSPS) is 20.4. The minimum Gasteiger partial charge on any atom is -0.381 e. The van der Waals surface area contributed by atoms with E-state index in [9.17, 15) is 13.2 Å². The Morgan fingerprint density at radius 1 is 1.21 bits per heavy atom. The third-order valence-electron chi connectivity index (χ3n) is 4.93. The van der Waals surface area contributed by atoms with Gasteiger partial charge in [-0.25, -0.2) is 13.2 Å². The summed E-state index contributed by atoms with van der Waals surface area (Å²) < 4.78 is 38.2. The van der Waals surface area contributed by atoms with E-state index in [2.05, 4.69) is 16.0 Å². The van der Waals surface area contributed by atoms with E-state index in [-0.39, 0.29) is 17.0 Å². The van der Waals surface area contributed by atoms with Gasteiger partial charge < -0.3 is 25.4 Å². The number of anilines is 2. The van der Waals surface area contributed by atoms with E-state index < -0.39 is 10.0 Å². The molecule has 10 heteroatoms. The lowest BCUT2D eigenvalue weighted by atomic mass is 10.2. The van der Waals surface area contributed by atoms with E-state index in [1.54, 1.807) is 12.1 Å². The number of carbonyl (C=O) groups is 1. The zero-order valence-electron chi connectivity index (χ0n) is 16.8. The van der Waals surface area contributed by atoms with Crippen LogP contribution in [0.2, 0.25) is 0 Å². The van der Waals surface area contributed by atoms with Crippen LogP contribution in [0.4, 0.5) is 16.2 Å². The standard InChI is InChI=1S/C19H30N4O5S/c1-2-7-20-19(24)22-18-13-16(29(25,26)23-8-11-27-12-9-23)5-6-17(18)21-14-15-4-3-10-28-15/h5-6,13,15,21H,2-4,7-12,14H2,1H3,(H2,20,22,24)/t15-/m1/s1. The molecule has 2 heterocycles. The number of sulfonamides is 1. The average molecular weight is 427 g/mol. The van der Waals surface area contributed by atoms with Gasteiger partial charge >= 0.3 is 6.03 Å². The molecule has 0 aromatic heterocycles. The maximum absolute atomic E-state index is 13.0. The Kier molecular flexibility index (Phi) is 7.70. The highest BCUT2D eigenvalue weighted by atomic mass is 32.2. The molecule has 2 aliphatic rings. The molecule has 0 spiro atoms. The van der Waals surface area contributed by atoms with Crippen LogP contribution in [0.25, 0.3) is 0 Å². The maximum atomic E-state index is 13.0. The minimum absolute atomic E-state index is 0.119. The van der Waals surface area contributed by atoms with E-state index in [1.807, 2.05) is 6.92 Å². The molecule has 162 valence electrons. The lowest BCUT2D eigenvalue weighted by molar-refractivity contribution is 0.0730. The highest BCUT2D eigenvalue weighted by Gasteiger charge is 2.27. The Labute approximate surface area is 172 Å². The molecule has 2 amide bonds. The van der Waals surface area contributed by atoms with Crippen LogP contribution >= 0.6 is 0 Å². The van der Waals surface area contributed by atoms with Crippen molar-refractivity contribution in [1.29, 1.82) is 0 Å². The molecule has 1 atom stereocenters. The predicted molar refractivity (Wildman–Crippen MR) is 111 cm³/mol. The third-order valence-corrected chi connectivity index (χ3v) is 6.82. The van der Waals surface area contributed by atoms with Gasteiger partial charge in [0.15, 0.2) is 0 Å². The molecule has 3 rings (SSSR count). The molecule has 0 bridgehead atoms. The number of urea groups is 1. The molecule has 0 radical (unpaired) electrons. The first kappa shape index (κ1) is 21.8. The van der Waals surface area contributed by atoms with Crippen molar-refractivity contribution in [1.82, 2.24) is 9.62 Å². The van der Waals surface area contributed by atoms with Gasteiger partial charge in [-0.05, 0) is 37.5 Å². The average Bonchev–Trinajstić information content (AvgIpc) is 3.25. The number of amides is 2. The summed E-state index contributed by atoms with van der Waals surface area (Å²) in [5.41, 5.74) is 1.08. The SMILES string of the molecule is CCCNC(=O)Nc1cc(S(=O)(=O)N2CCOCC2)ccc1NC[C@H]1CCCO1. The number of morpholine rings is 1. The summed E-state index contributed by atoms with van der Waals surface area (Å²) in [6.45, 7) is 5.26. The van der Waals surface area contributed by atoms with Gasteiger partial charge in [-0.2, -0.15) is 4.31 Å². The van der Waals surface area contributed by atoms with Crippen LogP contribution in [0, 0.1) is 0 Å². The van der Waals surface area contributed by atoms with Gasteiger partial charge in [0, 0.05) is 32.8 Å². The molecule has 1 aromatic rings. The minimum atomic E-state index is -3.66. The fraction of sp³-hybridized carbons (Fsp3) is 0.632. The summed E-state index contributed by atoms with van der Waals surface area (Å²) in [5, 5.41) is 8.80. The quantitative estimate of drug-likeness (QED) is 0.585. The third kappa shape index (κ3) is 5.81. The van der Waals surface area contributed by atoms with Gasteiger partial charge in [0.2, 0.25) is 10.0 Å². The van der Waals surface area contributed by atoms with Crippen LogP contribution in [0.1, 0.15) is 26.2 Å². The van der Waals surface area contributed by atoms with E-state index in [1.165, 1.54) is 10.4 Å². The second-order valence-electron chi connectivity index (χ2n) is 7.12. The molecular formula is C19H30N4O5S. The molecule has 29 heavy (non-hydrogen) atoms. The van der Waals surface area contributed by atoms with Crippen LogP contribution in [0.15, 0.2) is 23.1 Å². The molecule has 0 saturated carbocycles. The van der Waals surface area contributed by atoms with Gasteiger partial charge in [-0.3, -0.25) is 0 Å².